The molecule has 0 atom stereocenters. The van der Waals surface area contributed by atoms with Gasteiger partial charge < -0.3 is 10.1 Å². The Kier molecular flexibility index (Phi) is 7.57. The molecule has 0 aromatic heterocycles. The van der Waals surface area contributed by atoms with Crippen LogP contribution < -0.4 is 10.1 Å². The Balaban J connectivity index is 2.25. The molecule has 0 unspecified atom stereocenters. The molecule has 1 rings (SSSR count). The first-order valence-corrected chi connectivity index (χ1v) is 7.59. The summed E-state index contributed by atoms with van der Waals surface area (Å²) in [4.78, 5) is 0. The molecule has 0 saturated heterocycles. The molecule has 0 aliphatic carbocycles. The van der Waals surface area contributed by atoms with Gasteiger partial charge in [0.25, 0.3) is 0 Å². The van der Waals surface area contributed by atoms with Gasteiger partial charge in [0.05, 0.1) is 6.61 Å². The van der Waals surface area contributed by atoms with Crippen molar-refractivity contribution in [3.63, 3.8) is 0 Å². The standard InChI is InChI=1S/C17H29NO/c1-5-18-11-7-6-8-12-19-16-9-10-17(14(2)3)15(4)13-16/h9-10,13-14,18H,5-8,11-12H2,1-4H3. The van der Waals surface area contributed by atoms with E-state index in [4.69, 9.17) is 4.74 Å². The van der Waals surface area contributed by atoms with E-state index in [1.54, 1.807) is 0 Å². The van der Waals surface area contributed by atoms with E-state index in [9.17, 15) is 0 Å². The fraction of sp³-hybridized carbons (Fsp3) is 0.647. The van der Waals surface area contributed by atoms with Crippen molar-refractivity contribution in [2.45, 2.75) is 52.9 Å². The lowest BCUT2D eigenvalue weighted by molar-refractivity contribution is 0.304. The molecule has 1 N–H and O–H groups in total. The highest BCUT2D eigenvalue weighted by Gasteiger charge is 2.04. The number of ether oxygens (including phenoxy) is 1. The second-order valence-corrected chi connectivity index (χ2v) is 5.44. The molecule has 0 amide bonds. The lowest BCUT2D eigenvalue weighted by Crippen LogP contribution is -2.14. The van der Waals surface area contributed by atoms with Crippen molar-refractivity contribution in [1.82, 2.24) is 5.32 Å². The third-order valence-electron chi connectivity index (χ3n) is 3.38. The van der Waals surface area contributed by atoms with E-state index in [2.05, 4.69) is 51.2 Å². The summed E-state index contributed by atoms with van der Waals surface area (Å²) in [6.45, 7) is 11.8. The maximum atomic E-state index is 5.81. The van der Waals surface area contributed by atoms with Gasteiger partial charge in [-0.2, -0.15) is 0 Å². The quantitative estimate of drug-likeness (QED) is 0.672. The second-order valence-electron chi connectivity index (χ2n) is 5.44. The van der Waals surface area contributed by atoms with Crippen LogP contribution in [0.25, 0.3) is 0 Å². The van der Waals surface area contributed by atoms with Gasteiger partial charge in [-0.25, -0.2) is 0 Å². The van der Waals surface area contributed by atoms with Gasteiger partial charge in [-0.15, -0.1) is 0 Å². The molecule has 19 heavy (non-hydrogen) atoms. The number of unbranched alkanes of at least 4 members (excludes halogenated alkanes) is 2. The topological polar surface area (TPSA) is 21.3 Å². The van der Waals surface area contributed by atoms with Crippen LogP contribution in [0.2, 0.25) is 0 Å². The SMILES string of the molecule is CCNCCCCCOc1ccc(C(C)C)c(C)c1. The van der Waals surface area contributed by atoms with E-state index in [0.717, 1.165) is 31.9 Å². The van der Waals surface area contributed by atoms with E-state index in [1.807, 2.05) is 0 Å². The van der Waals surface area contributed by atoms with Gasteiger partial charge in [-0.3, -0.25) is 0 Å². The van der Waals surface area contributed by atoms with Crippen molar-refractivity contribution in [3.05, 3.63) is 29.3 Å². The summed E-state index contributed by atoms with van der Waals surface area (Å²) in [6.07, 6.45) is 3.61. The van der Waals surface area contributed by atoms with Crippen LogP contribution in [-0.2, 0) is 0 Å². The van der Waals surface area contributed by atoms with Crippen molar-refractivity contribution in [1.29, 1.82) is 0 Å². The first-order chi connectivity index (χ1) is 9.15. The summed E-state index contributed by atoms with van der Waals surface area (Å²) >= 11 is 0. The van der Waals surface area contributed by atoms with Crippen LogP contribution in [0.4, 0.5) is 0 Å². The number of aryl methyl sites for hydroxylation is 1. The Morgan fingerprint density at radius 3 is 2.58 bits per heavy atom. The molecule has 0 saturated carbocycles. The monoisotopic (exact) mass is 263 g/mol. The summed E-state index contributed by atoms with van der Waals surface area (Å²) < 4.78 is 5.81. The van der Waals surface area contributed by atoms with Crippen molar-refractivity contribution >= 4 is 0 Å². The van der Waals surface area contributed by atoms with Crippen molar-refractivity contribution < 1.29 is 4.74 Å². The van der Waals surface area contributed by atoms with Crippen LogP contribution in [-0.4, -0.2) is 19.7 Å². The third kappa shape index (κ3) is 6.11. The van der Waals surface area contributed by atoms with Gasteiger partial charge in [0.1, 0.15) is 5.75 Å². The number of benzene rings is 1. The summed E-state index contributed by atoms with van der Waals surface area (Å²) in [5.74, 6) is 1.59. The first kappa shape index (κ1) is 16.0. The summed E-state index contributed by atoms with van der Waals surface area (Å²) in [7, 11) is 0. The maximum Gasteiger partial charge on any atom is 0.119 e. The fourth-order valence-electron chi connectivity index (χ4n) is 2.28. The van der Waals surface area contributed by atoms with Gasteiger partial charge >= 0.3 is 0 Å². The van der Waals surface area contributed by atoms with Crippen LogP contribution in [0.3, 0.4) is 0 Å². The number of hydrogen-bond donors (Lipinski definition) is 1. The normalized spacial score (nSPS) is 11.0. The maximum absolute atomic E-state index is 5.81. The van der Waals surface area contributed by atoms with E-state index in [1.165, 1.54) is 24.0 Å². The minimum Gasteiger partial charge on any atom is -0.494 e. The van der Waals surface area contributed by atoms with Gasteiger partial charge in [0, 0.05) is 0 Å². The molecule has 1 aromatic carbocycles. The van der Waals surface area contributed by atoms with Crippen molar-refractivity contribution in [2.75, 3.05) is 19.7 Å². The molecule has 108 valence electrons. The lowest BCUT2D eigenvalue weighted by atomic mass is 9.98. The Bertz CT molecular complexity index is 360. The van der Waals surface area contributed by atoms with Crippen molar-refractivity contribution in [3.8, 4) is 5.75 Å². The summed E-state index contributed by atoms with van der Waals surface area (Å²) in [5, 5.41) is 3.34. The molecular formula is C17H29NO. The van der Waals surface area contributed by atoms with Crippen LogP contribution in [0.5, 0.6) is 5.75 Å². The number of rotatable bonds is 9. The van der Waals surface area contributed by atoms with Crippen LogP contribution in [0.15, 0.2) is 18.2 Å². The summed E-state index contributed by atoms with van der Waals surface area (Å²) in [6, 6.07) is 6.45. The van der Waals surface area contributed by atoms with Crippen LogP contribution >= 0.6 is 0 Å². The van der Waals surface area contributed by atoms with E-state index in [0.29, 0.717) is 5.92 Å². The highest BCUT2D eigenvalue weighted by molar-refractivity contribution is 5.36. The zero-order valence-electron chi connectivity index (χ0n) is 13.0. The van der Waals surface area contributed by atoms with E-state index in [-0.39, 0.29) is 0 Å². The van der Waals surface area contributed by atoms with Crippen molar-refractivity contribution in [2.24, 2.45) is 0 Å². The Hall–Kier alpha value is -1.02. The minimum atomic E-state index is 0.583. The zero-order valence-corrected chi connectivity index (χ0v) is 13.0. The Morgan fingerprint density at radius 1 is 1.16 bits per heavy atom. The smallest absolute Gasteiger partial charge is 0.119 e. The van der Waals surface area contributed by atoms with E-state index >= 15 is 0 Å². The molecule has 2 heteroatoms. The lowest BCUT2D eigenvalue weighted by Gasteiger charge is -2.12. The number of hydrogen-bond acceptors (Lipinski definition) is 2. The third-order valence-corrected chi connectivity index (χ3v) is 3.38. The summed E-state index contributed by atoms with van der Waals surface area (Å²) in [5.41, 5.74) is 2.75. The van der Waals surface area contributed by atoms with Gasteiger partial charge in [-0.05, 0) is 68.5 Å². The molecule has 0 aliphatic heterocycles. The average Bonchev–Trinajstić information content (AvgIpc) is 2.37. The predicted octanol–water partition coefficient (Wildman–Crippen LogP) is 4.28. The number of nitrogens with one attached hydrogen (secondary N) is 1. The van der Waals surface area contributed by atoms with Gasteiger partial charge in [-0.1, -0.05) is 26.8 Å². The minimum absolute atomic E-state index is 0.583. The first-order valence-electron chi connectivity index (χ1n) is 7.59. The van der Waals surface area contributed by atoms with Crippen LogP contribution in [0.1, 0.15) is 57.1 Å². The second kappa shape index (κ2) is 8.98. The molecule has 0 bridgehead atoms. The average molecular weight is 263 g/mol. The molecule has 1 aromatic rings. The highest BCUT2D eigenvalue weighted by atomic mass is 16.5. The Labute approximate surface area is 118 Å². The molecule has 0 fully saturated rings. The molecular weight excluding hydrogens is 234 g/mol. The fourth-order valence-corrected chi connectivity index (χ4v) is 2.28. The van der Waals surface area contributed by atoms with Gasteiger partial charge in [0.2, 0.25) is 0 Å². The molecule has 2 nitrogen and oxygen atoms in total. The van der Waals surface area contributed by atoms with Crippen LogP contribution in [0, 0.1) is 6.92 Å². The predicted molar refractivity (Wildman–Crippen MR) is 83.2 cm³/mol. The molecule has 0 aliphatic rings. The van der Waals surface area contributed by atoms with Gasteiger partial charge in [0.15, 0.2) is 0 Å². The van der Waals surface area contributed by atoms with E-state index < -0.39 is 0 Å². The molecule has 0 radical (unpaired) electrons. The zero-order chi connectivity index (χ0) is 14.1. The molecule has 0 heterocycles. The largest absolute Gasteiger partial charge is 0.494 e. The Morgan fingerprint density at radius 2 is 1.95 bits per heavy atom. The molecule has 0 spiro atoms. The highest BCUT2D eigenvalue weighted by Crippen LogP contribution is 2.23.